The van der Waals surface area contributed by atoms with E-state index in [4.69, 9.17) is 4.74 Å². The normalized spacial score (nSPS) is 12.7. The summed E-state index contributed by atoms with van der Waals surface area (Å²) >= 11 is 1.85. The first-order valence-corrected chi connectivity index (χ1v) is 8.25. The van der Waals surface area contributed by atoms with Gasteiger partial charge in [-0.05, 0) is 59.2 Å². The van der Waals surface area contributed by atoms with Crippen molar-refractivity contribution in [2.75, 3.05) is 12.4 Å². The number of thioether (sulfide) groups is 1. The van der Waals surface area contributed by atoms with E-state index < -0.39 is 0 Å². The molecule has 0 atom stereocenters. The third-order valence-electron chi connectivity index (χ3n) is 2.63. The molecular weight excluding hydrogens is 266 g/mol. The molecule has 0 aliphatic carbocycles. The zero-order chi connectivity index (χ0) is 15.2. The molecule has 1 aromatic rings. The SMILES string of the molecule is CC(C)(C)NCc1ccc(SCCOC(C)(C)C)cc1. The second-order valence-electron chi connectivity index (χ2n) is 7.06. The van der Waals surface area contributed by atoms with Crippen LogP contribution in [0.5, 0.6) is 0 Å². The smallest absolute Gasteiger partial charge is 0.0598 e. The Kier molecular flexibility index (Phi) is 6.56. The maximum atomic E-state index is 5.72. The van der Waals surface area contributed by atoms with Crippen molar-refractivity contribution in [1.29, 1.82) is 0 Å². The molecule has 20 heavy (non-hydrogen) atoms. The predicted molar refractivity (Wildman–Crippen MR) is 89.5 cm³/mol. The molecule has 0 bridgehead atoms. The number of benzene rings is 1. The zero-order valence-electron chi connectivity index (χ0n) is 13.7. The highest BCUT2D eigenvalue weighted by Crippen LogP contribution is 2.19. The van der Waals surface area contributed by atoms with E-state index in [1.54, 1.807) is 0 Å². The van der Waals surface area contributed by atoms with E-state index >= 15 is 0 Å². The lowest BCUT2D eigenvalue weighted by atomic mass is 10.1. The lowest BCUT2D eigenvalue weighted by molar-refractivity contribution is 0.00695. The highest BCUT2D eigenvalue weighted by molar-refractivity contribution is 7.99. The van der Waals surface area contributed by atoms with Crippen molar-refractivity contribution in [3.63, 3.8) is 0 Å². The first-order chi connectivity index (χ1) is 9.16. The van der Waals surface area contributed by atoms with Gasteiger partial charge < -0.3 is 10.1 Å². The average Bonchev–Trinajstić information content (AvgIpc) is 2.31. The molecule has 0 unspecified atom stereocenters. The Labute approximate surface area is 128 Å². The minimum atomic E-state index is -0.0386. The van der Waals surface area contributed by atoms with E-state index in [-0.39, 0.29) is 11.1 Å². The van der Waals surface area contributed by atoms with Gasteiger partial charge in [-0.25, -0.2) is 0 Å². The molecule has 0 saturated carbocycles. The summed E-state index contributed by atoms with van der Waals surface area (Å²) in [7, 11) is 0. The molecule has 0 heterocycles. The molecule has 0 aliphatic heterocycles. The van der Waals surface area contributed by atoms with E-state index in [1.165, 1.54) is 10.5 Å². The molecule has 2 nitrogen and oxygen atoms in total. The number of hydrogen-bond donors (Lipinski definition) is 1. The van der Waals surface area contributed by atoms with Gasteiger partial charge in [-0.1, -0.05) is 12.1 Å². The lowest BCUT2D eigenvalue weighted by Crippen LogP contribution is -2.35. The van der Waals surface area contributed by atoms with Crippen LogP contribution < -0.4 is 5.32 Å². The van der Waals surface area contributed by atoms with Crippen LogP contribution in [0.4, 0.5) is 0 Å². The molecule has 0 aliphatic rings. The van der Waals surface area contributed by atoms with Gasteiger partial charge in [0.1, 0.15) is 0 Å². The summed E-state index contributed by atoms with van der Waals surface area (Å²) in [4.78, 5) is 1.31. The maximum absolute atomic E-state index is 5.72. The van der Waals surface area contributed by atoms with Gasteiger partial charge in [0, 0.05) is 22.7 Å². The Hall–Kier alpha value is -0.510. The summed E-state index contributed by atoms with van der Waals surface area (Å²) in [5, 5.41) is 3.50. The van der Waals surface area contributed by atoms with Crippen LogP contribution in [0, 0.1) is 0 Å². The van der Waals surface area contributed by atoms with Gasteiger partial charge in [-0.2, -0.15) is 0 Å². The summed E-state index contributed by atoms with van der Waals surface area (Å²) in [5.41, 5.74) is 1.45. The Bertz CT molecular complexity index is 387. The van der Waals surface area contributed by atoms with Crippen LogP contribution in [0.15, 0.2) is 29.2 Å². The van der Waals surface area contributed by atoms with Crippen molar-refractivity contribution >= 4 is 11.8 Å². The standard InChI is InChI=1S/C17H29NOS/c1-16(2,3)18-13-14-7-9-15(10-8-14)20-12-11-19-17(4,5)6/h7-10,18H,11-13H2,1-6H3. The van der Waals surface area contributed by atoms with Crippen LogP contribution >= 0.6 is 11.8 Å². The third-order valence-corrected chi connectivity index (χ3v) is 3.61. The van der Waals surface area contributed by atoms with Crippen molar-refractivity contribution in [1.82, 2.24) is 5.32 Å². The molecule has 0 spiro atoms. The fourth-order valence-corrected chi connectivity index (χ4v) is 2.31. The summed E-state index contributed by atoms with van der Waals surface area (Å²) < 4.78 is 5.72. The summed E-state index contributed by atoms with van der Waals surface area (Å²) in [6.45, 7) is 14.5. The van der Waals surface area contributed by atoms with E-state index in [1.807, 2.05) is 11.8 Å². The van der Waals surface area contributed by atoms with Crippen LogP contribution in [0.1, 0.15) is 47.1 Å². The van der Waals surface area contributed by atoms with Crippen LogP contribution in [0.2, 0.25) is 0 Å². The maximum Gasteiger partial charge on any atom is 0.0598 e. The van der Waals surface area contributed by atoms with Crippen molar-refractivity contribution in [3.05, 3.63) is 29.8 Å². The molecule has 0 aromatic heterocycles. The number of nitrogens with one attached hydrogen (secondary N) is 1. The van der Waals surface area contributed by atoms with Gasteiger partial charge in [0.15, 0.2) is 0 Å². The number of rotatable bonds is 6. The van der Waals surface area contributed by atoms with Gasteiger partial charge in [-0.15, -0.1) is 11.8 Å². The summed E-state index contributed by atoms with van der Waals surface area (Å²) in [6.07, 6.45) is 0. The van der Waals surface area contributed by atoms with Crippen LogP contribution in [0.3, 0.4) is 0 Å². The van der Waals surface area contributed by atoms with Crippen LogP contribution in [0.25, 0.3) is 0 Å². The first kappa shape index (κ1) is 17.5. The fourth-order valence-electron chi connectivity index (χ4n) is 1.58. The predicted octanol–water partition coefficient (Wildman–Crippen LogP) is 4.48. The van der Waals surface area contributed by atoms with E-state index in [2.05, 4.69) is 71.1 Å². The number of hydrogen-bond acceptors (Lipinski definition) is 3. The highest BCUT2D eigenvalue weighted by Gasteiger charge is 2.09. The van der Waals surface area contributed by atoms with E-state index in [0.29, 0.717) is 0 Å². The molecule has 1 rings (SSSR count). The molecule has 0 amide bonds. The van der Waals surface area contributed by atoms with Crippen molar-refractivity contribution in [2.45, 2.75) is 64.1 Å². The van der Waals surface area contributed by atoms with Crippen LogP contribution in [-0.4, -0.2) is 23.5 Å². The average molecular weight is 295 g/mol. The lowest BCUT2D eigenvalue weighted by Gasteiger charge is -2.20. The number of ether oxygens (including phenoxy) is 1. The van der Waals surface area contributed by atoms with Gasteiger partial charge in [-0.3, -0.25) is 0 Å². The van der Waals surface area contributed by atoms with Crippen molar-refractivity contribution < 1.29 is 4.74 Å². The largest absolute Gasteiger partial charge is 0.375 e. The first-order valence-electron chi connectivity index (χ1n) is 7.26. The van der Waals surface area contributed by atoms with Crippen LogP contribution in [-0.2, 0) is 11.3 Å². The zero-order valence-corrected chi connectivity index (χ0v) is 14.6. The third kappa shape index (κ3) is 8.62. The highest BCUT2D eigenvalue weighted by atomic mass is 32.2. The van der Waals surface area contributed by atoms with Gasteiger partial charge >= 0.3 is 0 Å². The second-order valence-corrected chi connectivity index (χ2v) is 8.23. The van der Waals surface area contributed by atoms with Gasteiger partial charge in [0.05, 0.1) is 12.2 Å². The fraction of sp³-hybridized carbons (Fsp3) is 0.647. The minimum absolute atomic E-state index is 0.0386. The molecule has 0 saturated heterocycles. The van der Waals surface area contributed by atoms with E-state index in [0.717, 1.165) is 18.9 Å². The molecule has 0 fully saturated rings. The van der Waals surface area contributed by atoms with Gasteiger partial charge in [0.2, 0.25) is 0 Å². The molecular formula is C17H29NOS. The second kappa shape index (κ2) is 7.48. The monoisotopic (exact) mass is 295 g/mol. The van der Waals surface area contributed by atoms with E-state index in [9.17, 15) is 0 Å². The van der Waals surface area contributed by atoms with Gasteiger partial charge in [0.25, 0.3) is 0 Å². The minimum Gasteiger partial charge on any atom is -0.375 e. The summed E-state index contributed by atoms with van der Waals surface area (Å²) in [6, 6.07) is 8.79. The van der Waals surface area contributed by atoms with Crippen molar-refractivity contribution in [2.24, 2.45) is 0 Å². The Morgan fingerprint density at radius 2 is 1.60 bits per heavy atom. The Morgan fingerprint density at radius 3 is 2.10 bits per heavy atom. The quantitative estimate of drug-likeness (QED) is 0.617. The molecule has 1 N–H and O–H groups in total. The molecule has 0 radical (unpaired) electrons. The van der Waals surface area contributed by atoms with Crippen molar-refractivity contribution in [3.8, 4) is 0 Å². The Morgan fingerprint density at radius 1 is 1.00 bits per heavy atom. The molecule has 114 valence electrons. The topological polar surface area (TPSA) is 21.3 Å². The molecule has 3 heteroatoms. The molecule has 1 aromatic carbocycles. The Balaban J connectivity index is 2.32. The summed E-state index contributed by atoms with van der Waals surface area (Å²) in [5.74, 6) is 0.997.